The monoisotopic (exact) mass is 420 g/mol. The van der Waals surface area contributed by atoms with Crippen molar-refractivity contribution in [2.24, 2.45) is 17.8 Å². The van der Waals surface area contributed by atoms with E-state index in [1.54, 1.807) is 0 Å². The quantitative estimate of drug-likeness (QED) is 0.209. The Morgan fingerprint density at radius 1 is 0.467 bits per heavy atom. The molecule has 0 N–H and O–H groups in total. The molecule has 1 aliphatic rings. The van der Waals surface area contributed by atoms with Crippen LogP contribution in [-0.2, 0) is 13.7 Å². The highest BCUT2D eigenvalue weighted by atomic mass is 16.7. The van der Waals surface area contributed by atoms with Crippen LogP contribution in [0.5, 0.6) is 0 Å². The average Bonchev–Trinajstić information content (AvgIpc) is 2.76. The Morgan fingerprint density at radius 2 is 0.733 bits per heavy atom. The smallest absolute Gasteiger partial charge is 0.429 e. The Balaban J connectivity index is 2.75. The Kier molecular flexibility index (Phi) is 16.5. The van der Waals surface area contributed by atoms with Gasteiger partial charge in [0, 0.05) is 0 Å². The molecular weight excluding hydrogens is 369 g/mol. The zero-order valence-corrected chi connectivity index (χ0v) is 21.3. The van der Waals surface area contributed by atoms with Gasteiger partial charge in [-0.1, -0.05) is 119 Å². The van der Waals surface area contributed by atoms with Crippen molar-refractivity contribution in [1.29, 1.82) is 0 Å². The molecule has 0 saturated carbocycles. The van der Waals surface area contributed by atoms with E-state index in [9.17, 15) is 0 Å². The van der Waals surface area contributed by atoms with E-state index >= 15 is 0 Å². The molecule has 1 saturated heterocycles. The van der Waals surface area contributed by atoms with Gasteiger partial charge in [0.2, 0.25) is 0 Å². The van der Waals surface area contributed by atoms with Gasteiger partial charge in [-0.3, -0.25) is 0 Å². The van der Waals surface area contributed by atoms with Gasteiger partial charge in [0.25, 0.3) is 0 Å². The molecule has 1 fully saturated rings. The SMILES string of the molecule is CCCCC(CC)CB1OB(CC(CC)CCCC)OB(CC(CC)CCCC)O1. The lowest BCUT2D eigenvalue weighted by atomic mass is 9.60. The van der Waals surface area contributed by atoms with Gasteiger partial charge < -0.3 is 13.7 Å². The van der Waals surface area contributed by atoms with Crippen LogP contribution in [0.15, 0.2) is 0 Å². The summed E-state index contributed by atoms with van der Waals surface area (Å²) in [5, 5.41) is 0. The van der Waals surface area contributed by atoms with Crippen molar-refractivity contribution in [2.45, 2.75) is 138 Å². The lowest BCUT2D eigenvalue weighted by Crippen LogP contribution is -2.50. The van der Waals surface area contributed by atoms with Gasteiger partial charge in [-0.05, 0) is 36.7 Å². The molecular formula is C24H51B3O3. The molecule has 1 rings (SSSR count). The van der Waals surface area contributed by atoms with Gasteiger partial charge in [0.1, 0.15) is 0 Å². The molecule has 30 heavy (non-hydrogen) atoms. The summed E-state index contributed by atoms with van der Waals surface area (Å²) >= 11 is 0. The Morgan fingerprint density at radius 3 is 0.933 bits per heavy atom. The number of hydrogen-bond acceptors (Lipinski definition) is 3. The van der Waals surface area contributed by atoms with Crippen LogP contribution in [0.1, 0.15) is 119 Å². The third-order valence-corrected chi connectivity index (χ3v) is 7.12. The lowest BCUT2D eigenvalue weighted by Gasteiger charge is -2.35. The summed E-state index contributed by atoms with van der Waals surface area (Å²) in [4.78, 5) is 0. The van der Waals surface area contributed by atoms with E-state index in [2.05, 4.69) is 41.5 Å². The molecule has 0 spiro atoms. The van der Waals surface area contributed by atoms with E-state index in [0.29, 0.717) is 17.8 Å². The van der Waals surface area contributed by atoms with Gasteiger partial charge >= 0.3 is 21.4 Å². The van der Waals surface area contributed by atoms with Crippen LogP contribution in [0.25, 0.3) is 0 Å². The second-order valence-corrected chi connectivity index (χ2v) is 9.65. The van der Waals surface area contributed by atoms with Crippen LogP contribution in [0, 0.1) is 17.8 Å². The first kappa shape index (κ1) is 28.1. The fraction of sp³-hybridized carbons (Fsp3) is 1.00. The maximum atomic E-state index is 6.39. The molecule has 1 aliphatic heterocycles. The van der Waals surface area contributed by atoms with Crippen LogP contribution >= 0.6 is 0 Å². The van der Waals surface area contributed by atoms with Gasteiger partial charge in [-0.15, -0.1) is 0 Å². The summed E-state index contributed by atoms with van der Waals surface area (Å²) in [5.74, 6) is 2.08. The van der Waals surface area contributed by atoms with Gasteiger partial charge in [-0.2, -0.15) is 0 Å². The first-order valence-electron chi connectivity index (χ1n) is 13.6. The molecule has 0 aromatic rings. The molecule has 3 unspecified atom stereocenters. The average molecular weight is 420 g/mol. The van der Waals surface area contributed by atoms with Crippen LogP contribution in [0.4, 0.5) is 0 Å². The minimum Gasteiger partial charge on any atom is -0.453 e. The Hall–Kier alpha value is 0.0748. The van der Waals surface area contributed by atoms with Gasteiger partial charge in [0.05, 0.1) is 0 Å². The Labute approximate surface area is 190 Å². The molecule has 0 amide bonds. The molecule has 0 radical (unpaired) electrons. The standard InChI is InChI=1S/C24H51B3O3/c1-7-13-16-22(10-4)19-25-28-26(20-23(11-5)17-14-8-2)30-27(29-25)21-24(12-6)18-15-9-3/h22-24H,7-21H2,1-6H3. The van der Waals surface area contributed by atoms with Crippen molar-refractivity contribution in [1.82, 2.24) is 0 Å². The zero-order valence-electron chi connectivity index (χ0n) is 21.3. The molecule has 0 aromatic heterocycles. The third kappa shape index (κ3) is 11.6. The van der Waals surface area contributed by atoms with E-state index < -0.39 is 0 Å². The molecule has 0 aliphatic carbocycles. The summed E-state index contributed by atoms with van der Waals surface area (Å²) in [6.45, 7) is 13.8. The topological polar surface area (TPSA) is 27.7 Å². The summed E-state index contributed by atoms with van der Waals surface area (Å²) in [6, 6.07) is 0. The minimum atomic E-state index is -0.0945. The van der Waals surface area contributed by atoms with E-state index in [0.717, 1.165) is 19.0 Å². The van der Waals surface area contributed by atoms with Crippen molar-refractivity contribution in [2.75, 3.05) is 0 Å². The molecule has 1 heterocycles. The summed E-state index contributed by atoms with van der Waals surface area (Å²) in [7, 11) is -0.284. The fourth-order valence-electron chi connectivity index (χ4n) is 4.70. The molecule has 6 heteroatoms. The van der Waals surface area contributed by atoms with Crippen molar-refractivity contribution in [3.05, 3.63) is 0 Å². The Bertz CT molecular complexity index is 337. The third-order valence-electron chi connectivity index (χ3n) is 7.12. The normalized spacial score (nSPS) is 18.0. The van der Waals surface area contributed by atoms with Crippen molar-refractivity contribution in [3.8, 4) is 0 Å². The van der Waals surface area contributed by atoms with Crippen molar-refractivity contribution >= 4 is 21.4 Å². The van der Waals surface area contributed by atoms with E-state index in [1.165, 1.54) is 77.0 Å². The van der Waals surface area contributed by atoms with E-state index in [1.807, 2.05) is 0 Å². The highest BCUT2D eigenvalue weighted by Gasteiger charge is 2.42. The number of rotatable bonds is 18. The predicted octanol–water partition coefficient (Wildman–Crippen LogP) is 8.16. The highest BCUT2D eigenvalue weighted by Crippen LogP contribution is 2.30. The number of unbranched alkanes of at least 4 members (excludes halogenated alkanes) is 3. The molecule has 3 nitrogen and oxygen atoms in total. The minimum absolute atomic E-state index is 0.0945. The van der Waals surface area contributed by atoms with Crippen LogP contribution < -0.4 is 0 Å². The maximum absolute atomic E-state index is 6.39. The van der Waals surface area contributed by atoms with Gasteiger partial charge in [0.15, 0.2) is 0 Å². The first-order chi connectivity index (χ1) is 14.6. The lowest BCUT2D eigenvalue weighted by molar-refractivity contribution is 0.256. The summed E-state index contributed by atoms with van der Waals surface area (Å²) in [6.07, 6.45) is 18.3. The number of hydrogen-bond donors (Lipinski definition) is 0. The fourth-order valence-corrected chi connectivity index (χ4v) is 4.70. The largest absolute Gasteiger partial charge is 0.453 e. The van der Waals surface area contributed by atoms with Crippen LogP contribution in [0.2, 0.25) is 19.0 Å². The predicted molar refractivity (Wildman–Crippen MR) is 135 cm³/mol. The van der Waals surface area contributed by atoms with Crippen molar-refractivity contribution in [3.63, 3.8) is 0 Å². The van der Waals surface area contributed by atoms with E-state index in [-0.39, 0.29) is 21.4 Å². The molecule has 0 bridgehead atoms. The van der Waals surface area contributed by atoms with Crippen molar-refractivity contribution < 1.29 is 13.7 Å². The second kappa shape index (κ2) is 17.6. The summed E-state index contributed by atoms with van der Waals surface area (Å²) < 4.78 is 19.2. The van der Waals surface area contributed by atoms with E-state index in [4.69, 9.17) is 13.7 Å². The zero-order chi connectivity index (χ0) is 22.2. The highest BCUT2D eigenvalue weighted by molar-refractivity contribution is 6.73. The summed E-state index contributed by atoms with van der Waals surface area (Å²) in [5.41, 5.74) is 0. The molecule has 3 atom stereocenters. The molecule has 0 aromatic carbocycles. The maximum Gasteiger partial charge on any atom is 0.429 e. The van der Waals surface area contributed by atoms with Crippen LogP contribution in [-0.4, -0.2) is 21.4 Å². The van der Waals surface area contributed by atoms with Gasteiger partial charge in [-0.25, -0.2) is 0 Å². The molecule has 174 valence electrons. The second-order valence-electron chi connectivity index (χ2n) is 9.65. The van der Waals surface area contributed by atoms with Crippen LogP contribution in [0.3, 0.4) is 0 Å². The first-order valence-corrected chi connectivity index (χ1v) is 13.6.